The Morgan fingerprint density at radius 1 is 1.04 bits per heavy atom. The summed E-state index contributed by atoms with van der Waals surface area (Å²) in [6.45, 7) is 6.29. The minimum absolute atomic E-state index is 0.128. The summed E-state index contributed by atoms with van der Waals surface area (Å²) in [5, 5.41) is 13.2. The molecule has 0 aliphatic carbocycles. The molecule has 0 bridgehead atoms. The standard InChI is InChI=1S/C20H20N6OS/c1-12(2)14-8-10-15(11-9-14)26-20(23-24-25-26)28-13(3)18-21-17-7-5-4-6-16(17)19(27)22-18/h4-13H,1-3H3,(H,21,22,27)/t13-/m1/s1. The van der Waals surface area contributed by atoms with Gasteiger partial charge in [-0.05, 0) is 53.1 Å². The lowest BCUT2D eigenvalue weighted by atomic mass is 10.0. The van der Waals surface area contributed by atoms with E-state index in [1.54, 1.807) is 10.7 Å². The second kappa shape index (κ2) is 7.55. The van der Waals surface area contributed by atoms with E-state index in [1.807, 2.05) is 37.3 Å². The van der Waals surface area contributed by atoms with E-state index in [9.17, 15) is 4.79 Å². The smallest absolute Gasteiger partial charge is 0.258 e. The van der Waals surface area contributed by atoms with Gasteiger partial charge in [0.25, 0.3) is 5.56 Å². The molecule has 2 aromatic carbocycles. The van der Waals surface area contributed by atoms with Crippen molar-refractivity contribution in [2.75, 3.05) is 0 Å². The zero-order chi connectivity index (χ0) is 19.7. The van der Waals surface area contributed by atoms with Crippen LogP contribution in [0.1, 0.15) is 43.3 Å². The molecule has 0 saturated carbocycles. The van der Waals surface area contributed by atoms with Crippen LogP contribution in [0, 0.1) is 0 Å². The molecule has 0 saturated heterocycles. The van der Waals surface area contributed by atoms with E-state index in [4.69, 9.17) is 0 Å². The van der Waals surface area contributed by atoms with Crippen LogP contribution < -0.4 is 5.56 Å². The molecule has 0 aliphatic rings. The topological polar surface area (TPSA) is 89.3 Å². The summed E-state index contributed by atoms with van der Waals surface area (Å²) in [4.78, 5) is 19.8. The zero-order valence-corrected chi connectivity index (χ0v) is 16.6. The molecule has 2 aromatic heterocycles. The number of H-pyrrole nitrogens is 1. The van der Waals surface area contributed by atoms with Crippen molar-refractivity contribution in [2.24, 2.45) is 0 Å². The molecule has 4 rings (SSSR count). The first-order valence-electron chi connectivity index (χ1n) is 9.07. The van der Waals surface area contributed by atoms with Crippen molar-refractivity contribution in [3.63, 3.8) is 0 Å². The van der Waals surface area contributed by atoms with Gasteiger partial charge in [0, 0.05) is 0 Å². The maximum atomic E-state index is 12.3. The number of rotatable bonds is 5. The molecule has 0 aliphatic heterocycles. The van der Waals surface area contributed by atoms with Crippen molar-refractivity contribution >= 4 is 22.7 Å². The van der Waals surface area contributed by atoms with Gasteiger partial charge in [0.15, 0.2) is 0 Å². The van der Waals surface area contributed by atoms with E-state index >= 15 is 0 Å². The quantitative estimate of drug-likeness (QED) is 0.519. The molecule has 7 nitrogen and oxygen atoms in total. The molecular formula is C20H20N6OS. The normalized spacial score (nSPS) is 12.6. The predicted molar refractivity (Wildman–Crippen MR) is 110 cm³/mol. The van der Waals surface area contributed by atoms with Crippen LogP contribution in [0.25, 0.3) is 16.6 Å². The van der Waals surface area contributed by atoms with Crippen molar-refractivity contribution in [3.8, 4) is 5.69 Å². The molecule has 2 heterocycles. The lowest BCUT2D eigenvalue weighted by Crippen LogP contribution is -2.13. The fraction of sp³-hybridized carbons (Fsp3) is 0.250. The van der Waals surface area contributed by atoms with Crippen LogP contribution in [0.3, 0.4) is 0 Å². The van der Waals surface area contributed by atoms with Gasteiger partial charge >= 0.3 is 0 Å². The first-order valence-corrected chi connectivity index (χ1v) is 9.95. The molecule has 8 heteroatoms. The van der Waals surface area contributed by atoms with Gasteiger partial charge in [-0.1, -0.05) is 49.9 Å². The van der Waals surface area contributed by atoms with E-state index in [2.05, 4.69) is 51.5 Å². The summed E-state index contributed by atoms with van der Waals surface area (Å²) in [7, 11) is 0. The Bertz CT molecular complexity index is 1170. The monoisotopic (exact) mass is 392 g/mol. The highest BCUT2D eigenvalue weighted by Crippen LogP contribution is 2.32. The van der Waals surface area contributed by atoms with Crippen molar-refractivity contribution in [3.05, 3.63) is 70.3 Å². The van der Waals surface area contributed by atoms with Crippen LogP contribution in [-0.2, 0) is 0 Å². The largest absolute Gasteiger partial charge is 0.309 e. The van der Waals surface area contributed by atoms with Crippen LogP contribution >= 0.6 is 11.8 Å². The third-order valence-corrected chi connectivity index (χ3v) is 5.59. The highest BCUT2D eigenvalue weighted by molar-refractivity contribution is 7.99. The zero-order valence-electron chi connectivity index (χ0n) is 15.8. The number of thioether (sulfide) groups is 1. The van der Waals surface area contributed by atoms with Crippen LogP contribution in [0.15, 0.2) is 58.5 Å². The second-order valence-corrected chi connectivity index (χ2v) is 8.16. The Kier molecular flexibility index (Phi) is 4.95. The van der Waals surface area contributed by atoms with Crippen molar-refractivity contribution < 1.29 is 0 Å². The van der Waals surface area contributed by atoms with Crippen LogP contribution in [-0.4, -0.2) is 30.2 Å². The molecule has 28 heavy (non-hydrogen) atoms. The molecular weight excluding hydrogens is 372 g/mol. The van der Waals surface area contributed by atoms with Gasteiger partial charge in [-0.25, -0.2) is 4.98 Å². The fourth-order valence-electron chi connectivity index (χ4n) is 2.93. The number of tetrazole rings is 1. The number of fused-ring (bicyclic) bond motifs is 1. The molecule has 0 amide bonds. The fourth-order valence-corrected chi connectivity index (χ4v) is 3.79. The average molecular weight is 392 g/mol. The summed E-state index contributed by atoms with van der Waals surface area (Å²) in [6.07, 6.45) is 0. The van der Waals surface area contributed by atoms with E-state index in [-0.39, 0.29) is 10.8 Å². The second-order valence-electron chi connectivity index (χ2n) is 6.85. The molecule has 4 aromatic rings. The first-order chi connectivity index (χ1) is 13.5. The summed E-state index contributed by atoms with van der Waals surface area (Å²) >= 11 is 1.45. The number of aromatic amines is 1. The predicted octanol–water partition coefficient (Wildman–Crippen LogP) is 3.88. The molecule has 1 atom stereocenters. The number of hydrogen-bond donors (Lipinski definition) is 1. The summed E-state index contributed by atoms with van der Waals surface area (Å²) in [5.74, 6) is 1.06. The Morgan fingerprint density at radius 3 is 2.54 bits per heavy atom. The van der Waals surface area contributed by atoms with Gasteiger partial charge in [-0.15, -0.1) is 5.10 Å². The minimum atomic E-state index is -0.142. The number of nitrogens with zero attached hydrogens (tertiary/aromatic N) is 5. The van der Waals surface area contributed by atoms with Gasteiger partial charge in [-0.3, -0.25) is 4.79 Å². The van der Waals surface area contributed by atoms with Gasteiger partial charge in [0.2, 0.25) is 5.16 Å². The van der Waals surface area contributed by atoms with E-state index < -0.39 is 0 Å². The molecule has 0 spiro atoms. The van der Waals surface area contributed by atoms with E-state index in [0.29, 0.717) is 27.8 Å². The third-order valence-electron chi connectivity index (χ3n) is 4.54. The van der Waals surface area contributed by atoms with Crippen LogP contribution in [0.2, 0.25) is 0 Å². The average Bonchev–Trinajstić information content (AvgIpc) is 3.16. The van der Waals surface area contributed by atoms with Gasteiger partial charge < -0.3 is 4.98 Å². The third kappa shape index (κ3) is 3.55. The molecule has 1 N–H and O–H groups in total. The maximum Gasteiger partial charge on any atom is 0.258 e. The minimum Gasteiger partial charge on any atom is -0.309 e. The maximum absolute atomic E-state index is 12.3. The number of nitrogens with one attached hydrogen (secondary N) is 1. The Labute approximate surface area is 166 Å². The number of benzene rings is 2. The van der Waals surface area contributed by atoms with Gasteiger partial charge in [0.1, 0.15) is 5.82 Å². The number of aromatic nitrogens is 6. The lowest BCUT2D eigenvalue weighted by molar-refractivity contribution is 0.752. The number of para-hydroxylation sites is 1. The Balaban J connectivity index is 1.62. The van der Waals surface area contributed by atoms with E-state index in [1.165, 1.54) is 17.3 Å². The van der Waals surface area contributed by atoms with Crippen molar-refractivity contribution in [1.82, 2.24) is 30.2 Å². The highest BCUT2D eigenvalue weighted by atomic mass is 32.2. The van der Waals surface area contributed by atoms with Gasteiger partial charge in [0.05, 0.1) is 21.8 Å². The summed E-state index contributed by atoms with van der Waals surface area (Å²) in [5.41, 5.74) is 2.69. The molecule has 142 valence electrons. The summed E-state index contributed by atoms with van der Waals surface area (Å²) < 4.78 is 1.70. The molecule has 0 radical (unpaired) electrons. The van der Waals surface area contributed by atoms with Crippen molar-refractivity contribution in [2.45, 2.75) is 37.1 Å². The molecule has 0 fully saturated rings. The van der Waals surface area contributed by atoms with Crippen LogP contribution in [0.5, 0.6) is 0 Å². The highest BCUT2D eigenvalue weighted by Gasteiger charge is 2.17. The lowest BCUT2D eigenvalue weighted by Gasteiger charge is -2.11. The Hall–Kier alpha value is -3.00. The molecule has 0 unspecified atom stereocenters. The van der Waals surface area contributed by atoms with E-state index in [0.717, 1.165) is 5.69 Å². The number of hydrogen-bond acceptors (Lipinski definition) is 6. The first kappa shape index (κ1) is 18.4. The van der Waals surface area contributed by atoms with Crippen LogP contribution in [0.4, 0.5) is 0 Å². The SMILES string of the molecule is CC(C)c1ccc(-n2nnnc2S[C@H](C)c2nc3ccccc3c(=O)[nH]2)cc1. The van der Waals surface area contributed by atoms with Crippen molar-refractivity contribution in [1.29, 1.82) is 0 Å². The summed E-state index contributed by atoms with van der Waals surface area (Å²) in [6, 6.07) is 15.5. The Morgan fingerprint density at radius 2 is 1.79 bits per heavy atom. The van der Waals surface area contributed by atoms with Gasteiger partial charge in [-0.2, -0.15) is 4.68 Å².